The minimum absolute atomic E-state index is 0. The highest BCUT2D eigenvalue weighted by atomic mass is 127. The Bertz CT molecular complexity index is 495. The fourth-order valence-electron chi connectivity index (χ4n) is 3.29. The van der Waals surface area contributed by atoms with E-state index in [9.17, 15) is 0 Å². The van der Waals surface area contributed by atoms with Crippen molar-refractivity contribution in [3.8, 4) is 0 Å². The minimum Gasteiger partial charge on any atom is -0.356 e. The van der Waals surface area contributed by atoms with Gasteiger partial charge in [0.05, 0.1) is 5.01 Å². The van der Waals surface area contributed by atoms with Gasteiger partial charge in [-0.2, -0.15) is 0 Å². The molecule has 0 amide bonds. The summed E-state index contributed by atoms with van der Waals surface area (Å²) in [5.41, 5.74) is 0.498. The maximum Gasteiger partial charge on any atom is 0.191 e. The molecule has 6 heteroatoms. The molecule has 0 aliphatic heterocycles. The number of aliphatic imine (C=N–C) groups is 1. The topological polar surface area (TPSA) is 49.3 Å². The number of aryl methyl sites for hydroxylation is 1. The van der Waals surface area contributed by atoms with Gasteiger partial charge in [0.25, 0.3) is 0 Å². The van der Waals surface area contributed by atoms with E-state index in [1.807, 2.05) is 13.2 Å². The molecule has 0 bridgehead atoms. The van der Waals surface area contributed by atoms with Crippen molar-refractivity contribution in [1.82, 2.24) is 15.6 Å². The van der Waals surface area contributed by atoms with Crippen molar-refractivity contribution in [2.75, 3.05) is 20.1 Å². The predicted octanol–water partition coefficient (Wildman–Crippen LogP) is 3.99. The van der Waals surface area contributed by atoms with Gasteiger partial charge in [0.15, 0.2) is 5.96 Å². The molecule has 4 nitrogen and oxygen atoms in total. The lowest BCUT2D eigenvalue weighted by Crippen LogP contribution is -2.47. The van der Waals surface area contributed by atoms with Gasteiger partial charge in [-0.25, -0.2) is 4.98 Å². The molecule has 0 radical (unpaired) electrons. The molecule has 0 atom stereocenters. The molecule has 1 fully saturated rings. The molecular formula is C17H31IN4S. The molecular weight excluding hydrogens is 419 g/mol. The van der Waals surface area contributed by atoms with Crippen molar-refractivity contribution in [1.29, 1.82) is 0 Å². The molecule has 1 aliphatic rings. The van der Waals surface area contributed by atoms with Crippen LogP contribution in [0.1, 0.15) is 49.4 Å². The van der Waals surface area contributed by atoms with E-state index >= 15 is 0 Å². The first-order chi connectivity index (χ1) is 10.5. The second-order valence-corrected chi connectivity index (χ2v) is 8.24. The Morgan fingerprint density at radius 3 is 2.61 bits per heavy atom. The SMILES string of the molecule is CN=C(NCCc1ncc(C)s1)NCC1(CC(C)C)CCC1.I. The minimum atomic E-state index is 0. The third kappa shape index (κ3) is 6.57. The number of nitrogens with zero attached hydrogens (tertiary/aromatic N) is 2. The summed E-state index contributed by atoms with van der Waals surface area (Å²) < 4.78 is 0. The summed E-state index contributed by atoms with van der Waals surface area (Å²) in [5, 5.41) is 8.13. The fourth-order valence-corrected chi connectivity index (χ4v) is 4.08. The van der Waals surface area contributed by atoms with Gasteiger partial charge in [-0.1, -0.05) is 20.3 Å². The lowest BCUT2D eigenvalue weighted by atomic mass is 9.64. The van der Waals surface area contributed by atoms with Crippen molar-refractivity contribution >= 4 is 41.3 Å². The number of halogens is 1. The summed E-state index contributed by atoms with van der Waals surface area (Å²) in [5.74, 6) is 1.69. The van der Waals surface area contributed by atoms with E-state index in [0.717, 1.165) is 31.4 Å². The quantitative estimate of drug-likeness (QED) is 0.375. The Balaban J connectivity index is 0.00000264. The zero-order valence-electron chi connectivity index (χ0n) is 14.8. The standard InChI is InChI=1S/C17H30N4S.HI/c1-13(2)10-17(7-5-8-17)12-21-16(18-4)19-9-6-15-20-11-14(3)22-15;/h11,13H,5-10,12H2,1-4H3,(H2,18,19,21);1H. The molecule has 23 heavy (non-hydrogen) atoms. The maximum atomic E-state index is 4.40. The lowest BCUT2D eigenvalue weighted by Gasteiger charge is -2.43. The molecule has 0 unspecified atom stereocenters. The van der Waals surface area contributed by atoms with E-state index in [4.69, 9.17) is 0 Å². The van der Waals surface area contributed by atoms with Gasteiger partial charge in [0.1, 0.15) is 0 Å². The van der Waals surface area contributed by atoms with Crippen molar-refractivity contribution in [2.45, 2.75) is 52.9 Å². The molecule has 1 heterocycles. The molecule has 1 aromatic rings. The first-order valence-corrected chi connectivity index (χ1v) is 9.20. The van der Waals surface area contributed by atoms with Crippen LogP contribution >= 0.6 is 35.3 Å². The molecule has 132 valence electrons. The Morgan fingerprint density at radius 2 is 2.13 bits per heavy atom. The Labute approximate surface area is 162 Å². The number of hydrogen-bond acceptors (Lipinski definition) is 3. The van der Waals surface area contributed by atoms with Crippen LogP contribution in [0.4, 0.5) is 0 Å². The largest absolute Gasteiger partial charge is 0.356 e. The van der Waals surface area contributed by atoms with E-state index < -0.39 is 0 Å². The van der Waals surface area contributed by atoms with E-state index in [1.54, 1.807) is 11.3 Å². The third-order valence-electron chi connectivity index (χ3n) is 4.41. The van der Waals surface area contributed by atoms with Gasteiger partial charge in [-0.15, -0.1) is 35.3 Å². The van der Waals surface area contributed by atoms with Gasteiger partial charge in [-0.05, 0) is 37.5 Å². The van der Waals surface area contributed by atoms with E-state index in [1.165, 1.54) is 35.6 Å². The fraction of sp³-hybridized carbons (Fsp3) is 0.765. The van der Waals surface area contributed by atoms with Crippen LogP contribution in [0.25, 0.3) is 0 Å². The molecule has 1 saturated carbocycles. The van der Waals surface area contributed by atoms with Gasteiger partial charge < -0.3 is 10.6 Å². The van der Waals surface area contributed by atoms with Gasteiger partial charge in [0.2, 0.25) is 0 Å². The van der Waals surface area contributed by atoms with E-state index in [0.29, 0.717) is 5.41 Å². The number of rotatable bonds is 7. The summed E-state index contributed by atoms with van der Waals surface area (Å²) in [4.78, 5) is 10.0. The number of aromatic nitrogens is 1. The maximum absolute atomic E-state index is 4.40. The van der Waals surface area contributed by atoms with Crippen LogP contribution in [-0.4, -0.2) is 31.1 Å². The van der Waals surface area contributed by atoms with Gasteiger partial charge in [-0.3, -0.25) is 4.99 Å². The Morgan fingerprint density at radius 1 is 1.39 bits per heavy atom. The highest BCUT2D eigenvalue weighted by Crippen LogP contribution is 2.45. The Kier molecular flexibility index (Phi) is 8.82. The zero-order valence-corrected chi connectivity index (χ0v) is 18.0. The van der Waals surface area contributed by atoms with Crippen molar-refractivity contribution in [3.63, 3.8) is 0 Å². The van der Waals surface area contributed by atoms with E-state index in [-0.39, 0.29) is 24.0 Å². The van der Waals surface area contributed by atoms with Gasteiger partial charge >= 0.3 is 0 Å². The van der Waals surface area contributed by atoms with E-state index in [2.05, 4.69) is 41.4 Å². The summed E-state index contributed by atoms with van der Waals surface area (Å²) in [6, 6.07) is 0. The second-order valence-electron chi connectivity index (χ2n) is 6.92. The average Bonchev–Trinajstić information content (AvgIpc) is 2.84. The lowest BCUT2D eigenvalue weighted by molar-refractivity contribution is 0.104. The number of hydrogen-bond donors (Lipinski definition) is 2. The molecule has 2 N–H and O–H groups in total. The van der Waals surface area contributed by atoms with Crippen LogP contribution < -0.4 is 10.6 Å². The molecule has 0 aromatic carbocycles. The highest BCUT2D eigenvalue weighted by Gasteiger charge is 2.37. The van der Waals surface area contributed by atoms with Crippen molar-refractivity contribution in [3.05, 3.63) is 16.1 Å². The van der Waals surface area contributed by atoms with Crippen LogP contribution in [-0.2, 0) is 6.42 Å². The van der Waals surface area contributed by atoms with Gasteiger partial charge in [0, 0.05) is 37.6 Å². The van der Waals surface area contributed by atoms with Crippen LogP contribution in [0, 0.1) is 18.3 Å². The van der Waals surface area contributed by atoms with Crippen LogP contribution in [0.15, 0.2) is 11.2 Å². The predicted molar refractivity (Wildman–Crippen MR) is 111 cm³/mol. The highest BCUT2D eigenvalue weighted by molar-refractivity contribution is 14.0. The van der Waals surface area contributed by atoms with Crippen molar-refractivity contribution < 1.29 is 0 Å². The zero-order chi connectivity index (χ0) is 16.0. The van der Waals surface area contributed by atoms with Crippen molar-refractivity contribution in [2.24, 2.45) is 16.3 Å². The first kappa shape index (κ1) is 20.7. The first-order valence-electron chi connectivity index (χ1n) is 8.39. The normalized spacial score (nSPS) is 16.7. The smallest absolute Gasteiger partial charge is 0.191 e. The second kappa shape index (κ2) is 9.81. The summed E-state index contributed by atoms with van der Waals surface area (Å²) in [6.07, 6.45) is 8.30. The molecule has 2 rings (SSSR count). The number of thiazole rings is 1. The molecule has 0 spiro atoms. The summed E-state index contributed by atoms with van der Waals surface area (Å²) in [7, 11) is 1.85. The van der Waals surface area contributed by atoms with Crippen LogP contribution in [0.2, 0.25) is 0 Å². The molecule has 1 aliphatic carbocycles. The molecule has 1 aromatic heterocycles. The Hall–Kier alpha value is -0.370. The third-order valence-corrected chi connectivity index (χ3v) is 5.38. The number of nitrogens with one attached hydrogen (secondary N) is 2. The summed E-state index contributed by atoms with van der Waals surface area (Å²) in [6.45, 7) is 8.67. The summed E-state index contributed by atoms with van der Waals surface area (Å²) >= 11 is 1.77. The van der Waals surface area contributed by atoms with Crippen LogP contribution in [0.3, 0.4) is 0 Å². The van der Waals surface area contributed by atoms with Crippen LogP contribution in [0.5, 0.6) is 0 Å². The number of guanidine groups is 1. The molecule has 0 saturated heterocycles. The monoisotopic (exact) mass is 450 g/mol. The average molecular weight is 450 g/mol.